The highest BCUT2D eigenvalue weighted by molar-refractivity contribution is 6.52. The van der Waals surface area contributed by atoms with Gasteiger partial charge in [0.15, 0.2) is 0 Å². The minimum atomic E-state index is -1.11. The Morgan fingerprint density at radius 1 is 0.536 bits per heavy atom. The number of carbonyl (C=O) groups excluding carboxylic acids is 2. The molecule has 0 radical (unpaired) electrons. The van der Waals surface area contributed by atoms with E-state index in [9.17, 15) is 9.59 Å². The topological polar surface area (TPSA) is 82.3 Å². The van der Waals surface area contributed by atoms with Gasteiger partial charge in [0.25, 0.3) is 0 Å². The first kappa shape index (κ1) is 23.6. The standard InChI is InChI=1S/C14H6Cl8N4O2/c15-3-1-5(17)11(9(21)7(3)19)23-25-13(27)14(28)26-24-12-6(18)2-4(16)8(20)10(12)22/h1-2,23-24H,(H,25,27)(H,26,28). The van der Waals surface area contributed by atoms with Gasteiger partial charge in [0.1, 0.15) is 0 Å². The highest BCUT2D eigenvalue weighted by atomic mass is 35.5. The van der Waals surface area contributed by atoms with Crippen LogP contribution < -0.4 is 21.7 Å². The van der Waals surface area contributed by atoms with E-state index in [-0.39, 0.29) is 51.6 Å². The Bertz CT molecular complexity index is 892. The van der Waals surface area contributed by atoms with Crippen LogP contribution in [0.4, 0.5) is 11.4 Å². The van der Waals surface area contributed by atoms with Crippen LogP contribution in [0, 0.1) is 0 Å². The monoisotopic (exact) mass is 542 g/mol. The van der Waals surface area contributed by atoms with Gasteiger partial charge in [-0.1, -0.05) is 92.8 Å². The molecule has 0 aliphatic rings. The third-order valence-electron chi connectivity index (χ3n) is 3.04. The van der Waals surface area contributed by atoms with Gasteiger partial charge in [-0.3, -0.25) is 31.3 Å². The number of hydrogen-bond acceptors (Lipinski definition) is 4. The van der Waals surface area contributed by atoms with Crippen molar-refractivity contribution in [3.8, 4) is 0 Å². The summed E-state index contributed by atoms with van der Waals surface area (Å²) in [5, 5.41) is 0.288. The SMILES string of the molecule is O=C(NNc1c(Cl)cc(Cl)c(Cl)c1Cl)C(=O)NNc1c(Cl)cc(Cl)c(Cl)c1Cl. The largest absolute Gasteiger partial charge is 0.329 e. The Morgan fingerprint density at radius 2 is 0.857 bits per heavy atom. The molecule has 2 amide bonds. The van der Waals surface area contributed by atoms with E-state index in [1.807, 2.05) is 0 Å². The molecule has 2 rings (SSSR count). The summed E-state index contributed by atoms with van der Waals surface area (Å²) in [7, 11) is 0. The average Bonchev–Trinajstić information content (AvgIpc) is 2.63. The lowest BCUT2D eigenvalue weighted by Crippen LogP contribution is -2.44. The maximum atomic E-state index is 11.9. The van der Waals surface area contributed by atoms with Gasteiger partial charge in [-0.05, 0) is 12.1 Å². The number of hydrogen-bond donors (Lipinski definition) is 4. The number of hydrazine groups is 2. The normalized spacial score (nSPS) is 10.4. The molecule has 0 aliphatic carbocycles. The zero-order chi connectivity index (χ0) is 21.2. The van der Waals surface area contributed by atoms with Crippen LogP contribution >= 0.6 is 92.8 Å². The first-order valence-electron chi connectivity index (χ1n) is 6.82. The molecule has 2 aromatic rings. The summed E-state index contributed by atoms with van der Waals surface area (Å²) >= 11 is 47.3. The molecule has 0 saturated carbocycles. The maximum absolute atomic E-state index is 11.9. The molecule has 0 spiro atoms. The Labute approximate surface area is 198 Å². The van der Waals surface area contributed by atoms with Crippen LogP contribution in [0.2, 0.25) is 40.2 Å². The first-order valence-corrected chi connectivity index (χ1v) is 9.85. The molecule has 0 atom stereocenters. The van der Waals surface area contributed by atoms with E-state index in [1.165, 1.54) is 12.1 Å². The fourth-order valence-corrected chi connectivity index (χ4v) is 3.73. The highest BCUT2D eigenvalue weighted by Crippen LogP contribution is 2.41. The summed E-state index contributed by atoms with van der Waals surface area (Å²) in [4.78, 5) is 23.8. The Kier molecular flexibility index (Phi) is 8.31. The van der Waals surface area contributed by atoms with Gasteiger partial charge in [-0.25, -0.2) is 0 Å². The van der Waals surface area contributed by atoms with E-state index in [0.29, 0.717) is 0 Å². The lowest BCUT2D eigenvalue weighted by molar-refractivity contribution is -0.138. The van der Waals surface area contributed by atoms with Crippen molar-refractivity contribution < 1.29 is 9.59 Å². The summed E-state index contributed by atoms with van der Waals surface area (Å²) in [6, 6.07) is 2.61. The van der Waals surface area contributed by atoms with Gasteiger partial charge in [-0.2, -0.15) is 0 Å². The quantitative estimate of drug-likeness (QED) is 0.153. The van der Waals surface area contributed by atoms with Gasteiger partial charge < -0.3 is 0 Å². The lowest BCUT2D eigenvalue weighted by Gasteiger charge is -2.15. The molecule has 0 aromatic heterocycles. The highest BCUT2D eigenvalue weighted by Gasteiger charge is 2.19. The summed E-state index contributed by atoms with van der Waals surface area (Å²) in [5.41, 5.74) is 9.03. The summed E-state index contributed by atoms with van der Waals surface area (Å²) in [6.07, 6.45) is 0. The zero-order valence-corrected chi connectivity index (χ0v) is 19.0. The molecule has 0 bridgehead atoms. The minimum absolute atomic E-state index is 0.0134. The molecule has 0 aliphatic heterocycles. The summed E-state index contributed by atoms with van der Waals surface area (Å²) in [6.45, 7) is 0. The molecular weight excluding hydrogens is 540 g/mol. The second-order valence-corrected chi connectivity index (χ2v) is 7.99. The molecule has 0 saturated heterocycles. The van der Waals surface area contributed by atoms with Crippen LogP contribution in [0.25, 0.3) is 0 Å². The Morgan fingerprint density at radius 3 is 1.18 bits per heavy atom. The van der Waals surface area contributed by atoms with E-state index in [0.717, 1.165) is 0 Å². The van der Waals surface area contributed by atoms with Crippen LogP contribution in [0.15, 0.2) is 12.1 Å². The predicted molar refractivity (Wildman–Crippen MR) is 116 cm³/mol. The maximum Gasteiger partial charge on any atom is 0.329 e. The van der Waals surface area contributed by atoms with Crippen LogP contribution in [0.1, 0.15) is 0 Å². The van der Waals surface area contributed by atoms with Crippen molar-refractivity contribution in [2.45, 2.75) is 0 Å². The van der Waals surface area contributed by atoms with Crippen molar-refractivity contribution in [2.75, 3.05) is 10.9 Å². The molecule has 0 fully saturated rings. The van der Waals surface area contributed by atoms with E-state index in [4.69, 9.17) is 92.8 Å². The van der Waals surface area contributed by atoms with E-state index < -0.39 is 11.8 Å². The molecule has 0 heterocycles. The summed E-state index contributed by atoms with van der Waals surface area (Å²) in [5.74, 6) is -2.23. The minimum Gasteiger partial charge on any atom is -0.295 e. The number of nitrogens with one attached hydrogen (secondary N) is 4. The van der Waals surface area contributed by atoms with Gasteiger partial charge in [-0.15, -0.1) is 0 Å². The average molecular weight is 546 g/mol. The second-order valence-electron chi connectivity index (χ2n) is 4.84. The number of rotatable bonds is 4. The number of amides is 2. The Hall–Kier alpha value is -0.700. The number of anilines is 2. The summed E-state index contributed by atoms with van der Waals surface area (Å²) < 4.78 is 0. The second kappa shape index (κ2) is 9.87. The predicted octanol–water partition coefficient (Wildman–Crippen LogP) is 6.50. The lowest BCUT2D eigenvalue weighted by atomic mass is 10.3. The fourth-order valence-electron chi connectivity index (χ4n) is 1.71. The zero-order valence-electron chi connectivity index (χ0n) is 13.0. The molecule has 28 heavy (non-hydrogen) atoms. The number of halogens is 8. The molecule has 6 nitrogen and oxygen atoms in total. The van der Waals surface area contributed by atoms with Crippen molar-refractivity contribution in [3.63, 3.8) is 0 Å². The molecule has 150 valence electrons. The first-order chi connectivity index (χ1) is 13.0. The van der Waals surface area contributed by atoms with E-state index in [2.05, 4.69) is 21.7 Å². The molecule has 2 aromatic carbocycles. The number of carbonyl (C=O) groups is 2. The van der Waals surface area contributed by atoms with Gasteiger partial charge >= 0.3 is 11.8 Å². The van der Waals surface area contributed by atoms with Crippen LogP contribution in [0.5, 0.6) is 0 Å². The molecule has 14 heteroatoms. The van der Waals surface area contributed by atoms with Crippen molar-refractivity contribution in [1.82, 2.24) is 10.9 Å². The molecular formula is C14H6Cl8N4O2. The molecule has 4 N–H and O–H groups in total. The fraction of sp³-hybridized carbons (Fsp3) is 0. The van der Waals surface area contributed by atoms with Crippen molar-refractivity contribution in [3.05, 3.63) is 52.3 Å². The number of benzene rings is 2. The smallest absolute Gasteiger partial charge is 0.295 e. The Balaban J connectivity index is 2.03. The van der Waals surface area contributed by atoms with E-state index >= 15 is 0 Å². The van der Waals surface area contributed by atoms with Gasteiger partial charge in [0, 0.05) is 0 Å². The van der Waals surface area contributed by atoms with Crippen molar-refractivity contribution in [2.24, 2.45) is 0 Å². The van der Waals surface area contributed by atoms with Crippen molar-refractivity contribution >= 4 is 116 Å². The third kappa shape index (κ3) is 5.26. The molecule has 0 unspecified atom stereocenters. The van der Waals surface area contributed by atoms with Gasteiger partial charge in [0.05, 0.1) is 51.6 Å². The van der Waals surface area contributed by atoms with Gasteiger partial charge in [0.2, 0.25) is 0 Å². The van der Waals surface area contributed by atoms with Crippen LogP contribution in [-0.2, 0) is 9.59 Å². The van der Waals surface area contributed by atoms with Crippen LogP contribution in [-0.4, -0.2) is 11.8 Å². The van der Waals surface area contributed by atoms with Crippen LogP contribution in [0.3, 0.4) is 0 Å². The third-order valence-corrected chi connectivity index (χ3v) is 6.16. The van der Waals surface area contributed by atoms with Crippen molar-refractivity contribution in [1.29, 1.82) is 0 Å². The van der Waals surface area contributed by atoms with E-state index in [1.54, 1.807) is 0 Å².